The molecule has 2 N–H and O–H groups in total. The van der Waals surface area contributed by atoms with E-state index < -0.39 is 0 Å². The number of hydrogen-bond acceptors (Lipinski definition) is 4. The number of rotatable bonds is 6. The zero-order valence-electron chi connectivity index (χ0n) is 16.5. The number of aromatic nitrogens is 3. The summed E-state index contributed by atoms with van der Waals surface area (Å²) in [5.41, 5.74) is 3.48. The van der Waals surface area contributed by atoms with Gasteiger partial charge in [-0.1, -0.05) is 18.2 Å². The van der Waals surface area contributed by atoms with Crippen LogP contribution in [0.25, 0.3) is 22.3 Å². The molecule has 0 aliphatic rings. The number of carbonyl (C=O) groups excluding carboxylic acids is 1. The molecular weight excluding hydrogens is 368 g/mol. The van der Waals surface area contributed by atoms with Crippen molar-refractivity contribution in [2.45, 2.75) is 13.5 Å². The summed E-state index contributed by atoms with van der Waals surface area (Å²) < 4.78 is 12.7. The van der Waals surface area contributed by atoms with E-state index in [-0.39, 0.29) is 5.91 Å². The Morgan fingerprint density at radius 2 is 1.86 bits per heavy atom. The molecule has 2 aromatic heterocycles. The largest absolute Gasteiger partial charge is 0.493 e. The number of aromatic amines is 1. The zero-order chi connectivity index (χ0) is 20.4. The fourth-order valence-corrected chi connectivity index (χ4v) is 3.46. The van der Waals surface area contributed by atoms with Crippen LogP contribution in [-0.4, -0.2) is 34.9 Å². The highest BCUT2D eigenvalue weighted by molar-refractivity contribution is 6.04. The normalized spacial score (nSPS) is 10.9. The van der Waals surface area contributed by atoms with Crippen molar-refractivity contribution in [2.75, 3.05) is 19.5 Å². The number of H-pyrrole nitrogens is 1. The second-order valence-corrected chi connectivity index (χ2v) is 6.52. The van der Waals surface area contributed by atoms with Gasteiger partial charge in [0.05, 0.1) is 25.6 Å². The predicted molar refractivity (Wildman–Crippen MR) is 113 cm³/mol. The first-order valence-electron chi connectivity index (χ1n) is 9.32. The van der Waals surface area contributed by atoms with Gasteiger partial charge in [0.15, 0.2) is 17.3 Å². The number of ether oxygens (including phenoxy) is 2. The summed E-state index contributed by atoms with van der Waals surface area (Å²) in [6.45, 7) is 2.93. The van der Waals surface area contributed by atoms with Gasteiger partial charge in [0.25, 0.3) is 5.91 Å². The van der Waals surface area contributed by atoms with Gasteiger partial charge in [-0.25, -0.2) is 0 Å². The first kappa shape index (κ1) is 18.6. The van der Waals surface area contributed by atoms with E-state index in [4.69, 9.17) is 9.47 Å². The van der Waals surface area contributed by atoms with Crippen molar-refractivity contribution in [1.29, 1.82) is 0 Å². The van der Waals surface area contributed by atoms with Crippen LogP contribution in [0.4, 0.5) is 5.82 Å². The van der Waals surface area contributed by atoms with Crippen LogP contribution in [0, 0.1) is 0 Å². The lowest BCUT2D eigenvalue weighted by molar-refractivity contribution is 0.102. The van der Waals surface area contributed by atoms with Gasteiger partial charge < -0.3 is 19.4 Å². The van der Waals surface area contributed by atoms with Gasteiger partial charge in [-0.15, -0.1) is 0 Å². The number of para-hydroxylation sites is 1. The SMILES string of the molecule is CCn1c(-c2cc(NC(=O)c3ccc(OC)c(OC)c3)n[nH]2)cc2ccccc21. The molecule has 0 aliphatic carbocycles. The minimum Gasteiger partial charge on any atom is -0.493 e. The Hall–Kier alpha value is -3.74. The quantitative estimate of drug-likeness (QED) is 0.514. The fraction of sp³-hybridized carbons (Fsp3) is 0.182. The first-order chi connectivity index (χ1) is 14.1. The molecule has 0 fully saturated rings. The van der Waals surface area contributed by atoms with Crippen molar-refractivity contribution in [3.05, 3.63) is 60.2 Å². The smallest absolute Gasteiger partial charge is 0.257 e. The molecule has 2 heterocycles. The molecule has 0 saturated carbocycles. The maximum absolute atomic E-state index is 12.6. The molecule has 148 valence electrons. The molecule has 1 amide bonds. The molecule has 7 nitrogen and oxygen atoms in total. The molecule has 4 aromatic rings. The minimum atomic E-state index is -0.278. The number of hydrogen-bond donors (Lipinski definition) is 2. The summed E-state index contributed by atoms with van der Waals surface area (Å²) in [5, 5.41) is 11.3. The van der Waals surface area contributed by atoms with Gasteiger partial charge in [-0.05, 0) is 37.3 Å². The summed E-state index contributed by atoms with van der Waals surface area (Å²) >= 11 is 0. The summed E-state index contributed by atoms with van der Waals surface area (Å²) in [6.07, 6.45) is 0. The molecule has 0 saturated heterocycles. The summed E-state index contributed by atoms with van der Waals surface area (Å²) in [4.78, 5) is 12.6. The van der Waals surface area contributed by atoms with E-state index in [1.807, 2.05) is 18.2 Å². The molecule has 29 heavy (non-hydrogen) atoms. The fourth-order valence-electron chi connectivity index (χ4n) is 3.46. The predicted octanol–water partition coefficient (Wildman–Crippen LogP) is 4.32. The third kappa shape index (κ3) is 3.42. The van der Waals surface area contributed by atoms with Gasteiger partial charge in [0, 0.05) is 29.1 Å². The Morgan fingerprint density at radius 1 is 1.07 bits per heavy atom. The molecule has 2 aromatic carbocycles. The van der Waals surface area contributed by atoms with E-state index in [9.17, 15) is 4.79 Å². The van der Waals surface area contributed by atoms with E-state index in [0.29, 0.717) is 22.9 Å². The van der Waals surface area contributed by atoms with Gasteiger partial charge in [0.2, 0.25) is 0 Å². The van der Waals surface area contributed by atoms with E-state index >= 15 is 0 Å². The van der Waals surface area contributed by atoms with Crippen molar-refractivity contribution < 1.29 is 14.3 Å². The molecule has 0 aliphatic heterocycles. The van der Waals surface area contributed by atoms with Crippen molar-refractivity contribution >= 4 is 22.6 Å². The Balaban J connectivity index is 1.60. The van der Waals surface area contributed by atoms with Gasteiger partial charge >= 0.3 is 0 Å². The topological polar surface area (TPSA) is 81.2 Å². The average molecular weight is 390 g/mol. The summed E-state index contributed by atoms with van der Waals surface area (Å²) in [7, 11) is 3.09. The van der Waals surface area contributed by atoms with Crippen LogP contribution in [0.3, 0.4) is 0 Å². The van der Waals surface area contributed by atoms with Crippen LogP contribution in [0.15, 0.2) is 54.6 Å². The van der Waals surface area contributed by atoms with E-state index in [0.717, 1.165) is 28.8 Å². The second-order valence-electron chi connectivity index (χ2n) is 6.52. The molecule has 0 radical (unpaired) electrons. The maximum Gasteiger partial charge on any atom is 0.257 e. The van der Waals surface area contributed by atoms with Crippen LogP contribution in [0.2, 0.25) is 0 Å². The third-order valence-electron chi connectivity index (χ3n) is 4.87. The first-order valence-corrected chi connectivity index (χ1v) is 9.32. The lowest BCUT2D eigenvalue weighted by atomic mass is 10.2. The highest BCUT2D eigenvalue weighted by atomic mass is 16.5. The molecular formula is C22H22N4O3. The Labute approximate surface area is 168 Å². The third-order valence-corrected chi connectivity index (χ3v) is 4.87. The van der Waals surface area contributed by atoms with E-state index in [1.54, 1.807) is 25.3 Å². The highest BCUT2D eigenvalue weighted by Gasteiger charge is 2.15. The number of carbonyl (C=O) groups is 1. The number of methoxy groups -OCH3 is 2. The number of nitrogens with one attached hydrogen (secondary N) is 2. The van der Waals surface area contributed by atoms with E-state index in [2.05, 4.69) is 45.2 Å². The van der Waals surface area contributed by atoms with Crippen LogP contribution in [0.5, 0.6) is 11.5 Å². The van der Waals surface area contributed by atoms with E-state index in [1.165, 1.54) is 7.11 Å². The molecule has 0 unspecified atom stereocenters. The molecule has 0 bridgehead atoms. The van der Waals surface area contributed by atoms with Gasteiger partial charge in [-0.3, -0.25) is 9.89 Å². The van der Waals surface area contributed by atoms with Crippen molar-refractivity contribution in [3.63, 3.8) is 0 Å². The average Bonchev–Trinajstić information content (AvgIpc) is 3.37. The van der Waals surface area contributed by atoms with Crippen LogP contribution in [-0.2, 0) is 6.54 Å². The lowest BCUT2D eigenvalue weighted by Gasteiger charge is -2.09. The van der Waals surface area contributed by atoms with Crippen molar-refractivity contribution in [3.8, 4) is 22.9 Å². The van der Waals surface area contributed by atoms with Crippen molar-refractivity contribution in [1.82, 2.24) is 14.8 Å². The second kappa shape index (κ2) is 7.71. The van der Waals surface area contributed by atoms with Gasteiger partial charge in [0.1, 0.15) is 0 Å². The maximum atomic E-state index is 12.6. The van der Waals surface area contributed by atoms with Crippen molar-refractivity contribution in [2.24, 2.45) is 0 Å². The molecule has 0 atom stereocenters. The lowest BCUT2D eigenvalue weighted by Crippen LogP contribution is -2.12. The number of nitrogens with zero attached hydrogens (tertiary/aromatic N) is 2. The summed E-state index contributed by atoms with van der Waals surface area (Å²) in [5.74, 6) is 1.24. The number of amides is 1. The number of benzene rings is 2. The Kier molecular flexibility index (Phi) is 4.95. The minimum absolute atomic E-state index is 0.278. The summed E-state index contributed by atoms with van der Waals surface area (Å²) in [6, 6.07) is 17.2. The van der Waals surface area contributed by atoms with Crippen LogP contribution in [0.1, 0.15) is 17.3 Å². The van der Waals surface area contributed by atoms with Crippen LogP contribution >= 0.6 is 0 Å². The molecule has 7 heteroatoms. The highest BCUT2D eigenvalue weighted by Crippen LogP contribution is 2.29. The Bertz CT molecular complexity index is 1180. The standard InChI is InChI=1S/C22H22N4O3/c1-4-26-17-8-6-5-7-14(17)11-18(26)16-13-21(25-24-16)23-22(27)15-9-10-19(28-2)20(12-15)29-3/h5-13H,4H2,1-3H3,(H2,23,24,25,27). The van der Waals surface area contributed by atoms with Crippen LogP contribution < -0.4 is 14.8 Å². The number of fused-ring (bicyclic) bond motifs is 1. The molecule has 4 rings (SSSR count). The van der Waals surface area contributed by atoms with Gasteiger partial charge in [-0.2, -0.15) is 5.10 Å². The number of aryl methyl sites for hydroxylation is 1. The number of anilines is 1. The Morgan fingerprint density at radius 3 is 2.62 bits per heavy atom. The molecule has 0 spiro atoms. The zero-order valence-corrected chi connectivity index (χ0v) is 16.5. The monoisotopic (exact) mass is 390 g/mol.